The van der Waals surface area contributed by atoms with Crippen LogP contribution < -0.4 is 10.1 Å². The average molecular weight is 261 g/mol. The van der Waals surface area contributed by atoms with Crippen molar-refractivity contribution < 1.29 is 23.0 Å². The van der Waals surface area contributed by atoms with Gasteiger partial charge in [0.1, 0.15) is 5.75 Å². The van der Waals surface area contributed by atoms with Crippen LogP contribution in [0.25, 0.3) is 0 Å². The third-order valence-electron chi connectivity index (χ3n) is 2.89. The highest BCUT2D eigenvalue weighted by atomic mass is 19.4. The number of hydrogen-bond acceptors (Lipinski definition) is 3. The molecule has 1 aromatic rings. The first-order valence-electron chi connectivity index (χ1n) is 5.68. The average Bonchev–Trinajstić information content (AvgIpc) is 2.34. The van der Waals surface area contributed by atoms with Gasteiger partial charge in [0.05, 0.1) is 6.61 Å². The van der Waals surface area contributed by atoms with Gasteiger partial charge >= 0.3 is 6.18 Å². The molecule has 0 saturated heterocycles. The molecule has 0 radical (unpaired) electrons. The van der Waals surface area contributed by atoms with E-state index in [1.807, 2.05) is 18.2 Å². The second-order valence-electron chi connectivity index (χ2n) is 4.19. The fourth-order valence-corrected chi connectivity index (χ4v) is 1.92. The molecule has 2 rings (SSSR count). The third kappa shape index (κ3) is 2.94. The third-order valence-corrected chi connectivity index (χ3v) is 2.89. The maximum Gasteiger partial charge on any atom is 0.415 e. The van der Waals surface area contributed by atoms with Crippen LogP contribution in [0.5, 0.6) is 5.75 Å². The van der Waals surface area contributed by atoms with Crippen LogP contribution in [0.2, 0.25) is 0 Å². The molecule has 2 atom stereocenters. The first-order valence-corrected chi connectivity index (χ1v) is 5.68. The van der Waals surface area contributed by atoms with Crippen molar-refractivity contribution in [1.29, 1.82) is 0 Å². The smallest absolute Gasteiger partial charge is 0.415 e. The fraction of sp³-hybridized carbons (Fsp3) is 0.500. The minimum absolute atomic E-state index is 0.216. The van der Waals surface area contributed by atoms with E-state index in [0.29, 0.717) is 18.8 Å². The van der Waals surface area contributed by atoms with E-state index in [0.717, 1.165) is 5.56 Å². The molecule has 0 aliphatic carbocycles. The molecule has 0 saturated carbocycles. The Bertz CT molecular complexity index is 409. The van der Waals surface area contributed by atoms with Crippen molar-refractivity contribution >= 4 is 0 Å². The van der Waals surface area contributed by atoms with Crippen LogP contribution in [0, 0.1) is 0 Å². The summed E-state index contributed by atoms with van der Waals surface area (Å²) in [5.74, 6) is 0.683. The zero-order chi connectivity index (χ0) is 13.2. The predicted molar refractivity (Wildman–Crippen MR) is 59.4 cm³/mol. The van der Waals surface area contributed by atoms with Crippen LogP contribution >= 0.6 is 0 Å². The standard InChI is InChI=1S/C12H14F3NO2/c13-12(14,15)11(17)7-16-9-5-6-18-10-4-2-1-3-8(9)10/h1-4,9,11,16-17H,5-7H2. The van der Waals surface area contributed by atoms with Gasteiger partial charge < -0.3 is 15.2 Å². The Kier molecular flexibility index (Phi) is 3.77. The van der Waals surface area contributed by atoms with Gasteiger partial charge in [-0.1, -0.05) is 18.2 Å². The summed E-state index contributed by atoms with van der Waals surface area (Å²) in [7, 11) is 0. The molecule has 2 unspecified atom stereocenters. The number of aliphatic hydroxyl groups excluding tert-OH is 1. The van der Waals surface area contributed by atoms with E-state index in [-0.39, 0.29) is 6.04 Å². The Morgan fingerprint density at radius 1 is 1.39 bits per heavy atom. The molecule has 1 aliphatic rings. The van der Waals surface area contributed by atoms with Crippen LogP contribution in [0.3, 0.4) is 0 Å². The van der Waals surface area contributed by atoms with Crippen LogP contribution in [-0.4, -0.2) is 30.5 Å². The van der Waals surface area contributed by atoms with Crippen molar-refractivity contribution in [2.45, 2.75) is 24.7 Å². The second-order valence-corrected chi connectivity index (χ2v) is 4.19. The molecule has 18 heavy (non-hydrogen) atoms. The summed E-state index contributed by atoms with van der Waals surface area (Å²) in [6.45, 7) is -0.0563. The normalized spacial score (nSPS) is 21.0. The van der Waals surface area contributed by atoms with E-state index in [9.17, 15) is 13.2 Å². The van der Waals surface area contributed by atoms with Gasteiger partial charge in [-0.15, -0.1) is 0 Å². The van der Waals surface area contributed by atoms with Crippen molar-refractivity contribution in [2.75, 3.05) is 13.2 Å². The molecule has 0 fully saturated rings. The Morgan fingerprint density at radius 2 is 2.11 bits per heavy atom. The van der Waals surface area contributed by atoms with Crippen molar-refractivity contribution in [3.05, 3.63) is 29.8 Å². The minimum atomic E-state index is -4.59. The summed E-state index contributed by atoms with van der Waals surface area (Å²) in [4.78, 5) is 0. The SMILES string of the molecule is OC(CNC1CCOc2ccccc21)C(F)(F)F. The van der Waals surface area contributed by atoms with E-state index in [2.05, 4.69) is 5.32 Å². The highest BCUT2D eigenvalue weighted by molar-refractivity contribution is 5.37. The molecular weight excluding hydrogens is 247 g/mol. The van der Waals surface area contributed by atoms with E-state index in [1.165, 1.54) is 0 Å². The van der Waals surface area contributed by atoms with Gasteiger partial charge in [0.25, 0.3) is 0 Å². The van der Waals surface area contributed by atoms with Crippen molar-refractivity contribution in [1.82, 2.24) is 5.32 Å². The zero-order valence-electron chi connectivity index (χ0n) is 9.57. The molecule has 6 heteroatoms. The van der Waals surface area contributed by atoms with E-state index in [4.69, 9.17) is 9.84 Å². The van der Waals surface area contributed by atoms with Crippen molar-refractivity contribution in [3.8, 4) is 5.75 Å². The van der Waals surface area contributed by atoms with Crippen LogP contribution in [0.15, 0.2) is 24.3 Å². The molecular formula is C12H14F3NO2. The van der Waals surface area contributed by atoms with Gasteiger partial charge in [-0.3, -0.25) is 0 Å². The Hall–Kier alpha value is -1.27. The Balaban J connectivity index is 2.00. The maximum atomic E-state index is 12.2. The highest BCUT2D eigenvalue weighted by Gasteiger charge is 2.38. The molecule has 0 spiro atoms. The van der Waals surface area contributed by atoms with Gasteiger partial charge in [0, 0.05) is 24.6 Å². The van der Waals surface area contributed by atoms with Crippen LogP contribution in [-0.2, 0) is 0 Å². The maximum absolute atomic E-state index is 12.2. The van der Waals surface area contributed by atoms with Crippen molar-refractivity contribution in [2.24, 2.45) is 0 Å². The second kappa shape index (κ2) is 5.16. The van der Waals surface area contributed by atoms with E-state index in [1.54, 1.807) is 6.07 Å². The van der Waals surface area contributed by atoms with Gasteiger partial charge in [0.2, 0.25) is 0 Å². The number of rotatable bonds is 3. The molecule has 1 aromatic carbocycles. The predicted octanol–water partition coefficient (Wildman–Crippen LogP) is 2.02. The summed E-state index contributed by atoms with van der Waals surface area (Å²) in [5, 5.41) is 11.7. The van der Waals surface area contributed by atoms with Gasteiger partial charge in [0.15, 0.2) is 6.10 Å². The van der Waals surface area contributed by atoms with Crippen LogP contribution in [0.4, 0.5) is 13.2 Å². The first kappa shape index (κ1) is 13.2. The quantitative estimate of drug-likeness (QED) is 0.874. The molecule has 100 valence electrons. The number of hydrogen-bond donors (Lipinski definition) is 2. The molecule has 3 nitrogen and oxygen atoms in total. The van der Waals surface area contributed by atoms with E-state index < -0.39 is 18.8 Å². The highest BCUT2D eigenvalue weighted by Crippen LogP contribution is 2.31. The lowest BCUT2D eigenvalue weighted by Crippen LogP contribution is -2.40. The lowest BCUT2D eigenvalue weighted by molar-refractivity contribution is -0.202. The number of fused-ring (bicyclic) bond motifs is 1. The number of nitrogens with one attached hydrogen (secondary N) is 1. The lowest BCUT2D eigenvalue weighted by Gasteiger charge is -2.27. The molecule has 1 aliphatic heterocycles. The molecule has 0 aromatic heterocycles. The van der Waals surface area contributed by atoms with Crippen LogP contribution in [0.1, 0.15) is 18.0 Å². The minimum Gasteiger partial charge on any atom is -0.493 e. The lowest BCUT2D eigenvalue weighted by atomic mass is 10.0. The number of ether oxygens (including phenoxy) is 1. The monoisotopic (exact) mass is 261 g/mol. The number of aliphatic hydroxyl groups is 1. The van der Waals surface area contributed by atoms with Gasteiger partial charge in [-0.25, -0.2) is 0 Å². The topological polar surface area (TPSA) is 41.5 Å². The van der Waals surface area contributed by atoms with Crippen molar-refractivity contribution in [3.63, 3.8) is 0 Å². The number of para-hydroxylation sites is 1. The van der Waals surface area contributed by atoms with Gasteiger partial charge in [-0.05, 0) is 6.07 Å². The molecule has 0 bridgehead atoms. The fourth-order valence-electron chi connectivity index (χ4n) is 1.92. The van der Waals surface area contributed by atoms with E-state index >= 15 is 0 Å². The largest absolute Gasteiger partial charge is 0.493 e. The number of halogens is 3. The number of alkyl halides is 3. The molecule has 2 N–H and O–H groups in total. The summed E-state index contributed by atoms with van der Waals surface area (Å²) in [5.41, 5.74) is 0.832. The number of benzene rings is 1. The first-order chi connectivity index (χ1) is 8.48. The Morgan fingerprint density at radius 3 is 2.83 bits per heavy atom. The van der Waals surface area contributed by atoms with Gasteiger partial charge in [-0.2, -0.15) is 13.2 Å². The summed E-state index contributed by atoms with van der Waals surface area (Å²) in [6, 6.07) is 7.00. The molecule has 0 amide bonds. The molecule has 1 heterocycles. The summed E-state index contributed by atoms with van der Waals surface area (Å²) >= 11 is 0. The Labute approximate surface area is 103 Å². The summed E-state index contributed by atoms with van der Waals surface area (Å²) < 4.78 is 42.0. The summed E-state index contributed by atoms with van der Waals surface area (Å²) in [6.07, 6.45) is -6.34. The zero-order valence-corrected chi connectivity index (χ0v) is 9.57.